The van der Waals surface area contributed by atoms with E-state index in [1.54, 1.807) is 0 Å². The average molecular weight is 217 g/mol. The van der Waals surface area contributed by atoms with Crippen LogP contribution in [0.2, 0.25) is 5.02 Å². The second-order valence-electron chi connectivity index (χ2n) is 2.96. The SMILES string of the molecule is COc1cc(Cl)c(F)c(CC(C)=O)c1. The van der Waals surface area contributed by atoms with Crippen molar-refractivity contribution in [2.75, 3.05) is 7.11 Å². The van der Waals surface area contributed by atoms with Crippen molar-refractivity contribution in [1.29, 1.82) is 0 Å². The van der Waals surface area contributed by atoms with Crippen molar-refractivity contribution < 1.29 is 13.9 Å². The van der Waals surface area contributed by atoms with Gasteiger partial charge in [0.15, 0.2) is 0 Å². The molecule has 0 saturated carbocycles. The van der Waals surface area contributed by atoms with Gasteiger partial charge in [0, 0.05) is 18.1 Å². The molecule has 76 valence electrons. The lowest BCUT2D eigenvalue weighted by atomic mass is 10.1. The molecule has 0 aromatic heterocycles. The normalized spacial score (nSPS) is 10.0. The quantitative estimate of drug-likeness (QED) is 0.777. The minimum absolute atomic E-state index is 0.0272. The third-order valence-corrected chi connectivity index (χ3v) is 2.03. The predicted octanol–water partition coefficient (Wildman–Crippen LogP) is 2.62. The van der Waals surface area contributed by atoms with Gasteiger partial charge in [-0.05, 0) is 13.0 Å². The summed E-state index contributed by atoms with van der Waals surface area (Å²) in [6.07, 6.45) is 0.0305. The highest BCUT2D eigenvalue weighted by Gasteiger charge is 2.11. The maximum absolute atomic E-state index is 13.3. The van der Waals surface area contributed by atoms with Crippen LogP contribution in [0.3, 0.4) is 0 Å². The number of benzene rings is 1. The number of ketones is 1. The molecule has 0 N–H and O–H groups in total. The van der Waals surface area contributed by atoms with E-state index in [-0.39, 0.29) is 22.8 Å². The van der Waals surface area contributed by atoms with Crippen molar-refractivity contribution in [3.05, 3.63) is 28.5 Å². The Morgan fingerprint density at radius 3 is 2.71 bits per heavy atom. The largest absolute Gasteiger partial charge is 0.497 e. The van der Waals surface area contributed by atoms with E-state index in [0.29, 0.717) is 5.75 Å². The van der Waals surface area contributed by atoms with Gasteiger partial charge in [0.2, 0.25) is 0 Å². The Balaban J connectivity index is 3.13. The van der Waals surface area contributed by atoms with E-state index < -0.39 is 5.82 Å². The van der Waals surface area contributed by atoms with E-state index in [1.165, 1.54) is 26.2 Å². The van der Waals surface area contributed by atoms with Gasteiger partial charge in [-0.2, -0.15) is 0 Å². The van der Waals surface area contributed by atoms with E-state index >= 15 is 0 Å². The van der Waals surface area contributed by atoms with Crippen LogP contribution >= 0.6 is 11.6 Å². The van der Waals surface area contributed by atoms with Crippen LogP contribution in [0.4, 0.5) is 4.39 Å². The van der Waals surface area contributed by atoms with Crippen molar-refractivity contribution >= 4 is 17.4 Å². The van der Waals surface area contributed by atoms with Gasteiger partial charge in [0.1, 0.15) is 17.3 Å². The number of methoxy groups -OCH3 is 1. The number of hydrogen-bond donors (Lipinski definition) is 0. The van der Waals surface area contributed by atoms with Gasteiger partial charge in [0.25, 0.3) is 0 Å². The summed E-state index contributed by atoms with van der Waals surface area (Å²) >= 11 is 5.61. The summed E-state index contributed by atoms with van der Waals surface area (Å²) in [5.41, 5.74) is 0.266. The molecule has 0 bridgehead atoms. The lowest BCUT2D eigenvalue weighted by molar-refractivity contribution is -0.116. The van der Waals surface area contributed by atoms with Gasteiger partial charge in [0.05, 0.1) is 12.1 Å². The molecule has 1 aromatic carbocycles. The third kappa shape index (κ3) is 2.45. The summed E-state index contributed by atoms with van der Waals surface area (Å²) in [5.74, 6) is -0.219. The van der Waals surface area contributed by atoms with Crippen molar-refractivity contribution in [2.45, 2.75) is 13.3 Å². The summed E-state index contributed by atoms with van der Waals surface area (Å²) in [6, 6.07) is 2.85. The fraction of sp³-hybridized carbons (Fsp3) is 0.300. The van der Waals surface area contributed by atoms with E-state index in [0.717, 1.165) is 0 Å². The summed E-state index contributed by atoms with van der Waals surface area (Å²) in [4.78, 5) is 10.8. The number of hydrogen-bond acceptors (Lipinski definition) is 2. The lowest BCUT2D eigenvalue weighted by Crippen LogP contribution is -2.00. The average Bonchev–Trinajstić information content (AvgIpc) is 2.11. The molecule has 1 rings (SSSR count). The van der Waals surface area contributed by atoms with Crippen LogP contribution < -0.4 is 4.74 Å². The number of rotatable bonds is 3. The van der Waals surface area contributed by atoms with Crippen LogP contribution in [0.5, 0.6) is 5.75 Å². The first kappa shape index (κ1) is 11.0. The van der Waals surface area contributed by atoms with Crippen molar-refractivity contribution in [1.82, 2.24) is 0 Å². The topological polar surface area (TPSA) is 26.3 Å². The highest BCUT2D eigenvalue weighted by atomic mass is 35.5. The van der Waals surface area contributed by atoms with Crippen molar-refractivity contribution in [3.8, 4) is 5.75 Å². The molecule has 4 heteroatoms. The monoisotopic (exact) mass is 216 g/mol. The standard InChI is InChI=1S/C10H10ClFO2/c1-6(13)3-7-4-8(14-2)5-9(11)10(7)12/h4-5H,3H2,1-2H3. The van der Waals surface area contributed by atoms with Crippen LogP contribution in [0.25, 0.3) is 0 Å². The number of ether oxygens (including phenoxy) is 1. The van der Waals surface area contributed by atoms with E-state index in [9.17, 15) is 9.18 Å². The fourth-order valence-corrected chi connectivity index (χ4v) is 1.36. The molecule has 0 aliphatic heterocycles. The first-order valence-corrected chi connectivity index (χ1v) is 4.43. The molecule has 0 heterocycles. The number of halogens is 2. The maximum Gasteiger partial charge on any atom is 0.145 e. The molecule has 14 heavy (non-hydrogen) atoms. The number of carbonyl (C=O) groups excluding carboxylic acids is 1. The van der Waals surface area contributed by atoms with Gasteiger partial charge >= 0.3 is 0 Å². The Bertz CT molecular complexity index is 363. The number of carbonyl (C=O) groups is 1. The first-order chi connectivity index (χ1) is 6.54. The molecule has 1 aromatic rings. The molecule has 0 unspecified atom stereocenters. The van der Waals surface area contributed by atoms with E-state index in [2.05, 4.69) is 0 Å². The minimum Gasteiger partial charge on any atom is -0.497 e. The van der Waals surface area contributed by atoms with Crippen molar-refractivity contribution in [3.63, 3.8) is 0 Å². The van der Waals surface area contributed by atoms with Gasteiger partial charge in [-0.3, -0.25) is 4.79 Å². The molecule has 0 atom stereocenters. The Morgan fingerprint density at radius 1 is 1.57 bits per heavy atom. The van der Waals surface area contributed by atoms with Crippen LogP contribution in [-0.2, 0) is 11.2 Å². The Morgan fingerprint density at radius 2 is 2.21 bits per heavy atom. The zero-order chi connectivity index (χ0) is 10.7. The van der Waals surface area contributed by atoms with Crippen LogP contribution in [0, 0.1) is 5.82 Å². The molecule has 0 amide bonds. The molecule has 0 fully saturated rings. The molecular weight excluding hydrogens is 207 g/mol. The second kappa shape index (κ2) is 4.42. The van der Waals surface area contributed by atoms with E-state index in [1.807, 2.05) is 0 Å². The Hall–Kier alpha value is -1.09. The molecule has 2 nitrogen and oxygen atoms in total. The summed E-state index contributed by atoms with van der Waals surface area (Å²) in [5, 5.41) is -0.0272. The predicted molar refractivity (Wildman–Crippen MR) is 52.3 cm³/mol. The van der Waals surface area contributed by atoms with Crippen LogP contribution in [-0.4, -0.2) is 12.9 Å². The smallest absolute Gasteiger partial charge is 0.145 e. The van der Waals surface area contributed by atoms with Crippen LogP contribution in [0.1, 0.15) is 12.5 Å². The summed E-state index contributed by atoms with van der Waals surface area (Å²) in [7, 11) is 1.46. The molecule has 0 saturated heterocycles. The molecule has 0 aliphatic carbocycles. The van der Waals surface area contributed by atoms with Gasteiger partial charge in [-0.15, -0.1) is 0 Å². The third-order valence-electron chi connectivity index (χ3n) is 1.75. The molecular formula is C10H10ClFO2. The van der Waals surface area contributed by atoms with Gasteiger partial charge < -0.3 is 4.74 Å². The molecule has 0 aliphatic rings. The lowest BCUT2D eigenvalue weighted by Gasteiger charge is -2.06. The minimum atomic E-state index is -0.553. The van der Waals surface area contributed by atoms with E-state index in [4.69, 9.17) is 16.3 Å². The molecule has 0 radical (unpaired) electrons. The van der Waals surface area contributed by atoms with Gasteiger partial charge in [-0.1, -0.05) is 11.6 Å². The van der Waals surface area contributed by atoms with Gasteiger partial charge in [-0.25, -0.2) is 4.39 Å². The second-order valence-corrected chi connectivity index (χ2v) is 3.37. The fourth-order valence-electron chi connectivity index (χ4n) is 1.13. The highest BCUT2D eigenvalue weighted by Crippen LogP contribution is 2.25. The molecule has 0 spiro atoms. The Labute approximate surface area is 86.6 Å². The Kier molecular flexibility index (Phi) is 3.47. The zero-order valence-corrected chi connectivity index (χ0v) is 8.69. The van der Waals surface area contributed by atoms with Crippen LogP contribution in [0.15, 0.2) is 12.1 Å². The first-order valence-electron chi connectivity index (χ1n) is 4.06. The van der Waals surface area contributed by atoms with Crippen molar-refractivity contribution in [2.24, 2.45) is 0 Å². The highest BCUT2D eigenvalue weighted by molar-refractivity contribution is 6.31. The maximum atomic E-state index is 13.3. The zero-order valence-electron chi connectivity index (χ0n) is 7.93. The summed E-state index contributed by atoms with van der Waals surface area (Å²) in [6.45, 7) is 1.40. The number of Topliss-reactive ketones (excluding diaryl/α,β-unsaturated/α-hetero) is 1. The summed E-state index contributed by atoms with van der Waals surface area (Å²) < 4.78 is 18.2.